The minimum Gasteiger partial charge on any atom is -0.508 e. The molecule has 16 heavy (non-hydrogen) atoms. The predicted octanol–water partition coefficient (Wildman–Crippen LogP) is 2.41. The van der Waals surface area contributed by atoms with Gasteiger partial charge in [-0.25, -0.2) is 4.98 Å². The fourth-order valence-electron chi connectivity index (χ4n) is 1.23. The van der Waals surface area contributed by atoms with E-state index in [1.165, 1.54) is 23.5 Å². The van der Waals surface area contributed by atoms with Crippen LogP contribution in [0.15, 0.2) is 29.6 Å². The van der Waals surface area contributed by atoms with Gasteiger partial charge in [-0.2, -0.15) is 0 Å². The van der Waals surface area contributed by atoms with Gasteiger partial charge in [0.2, 0.25) is 0 Å². The van der Waals surface area contributed by atoms with Crippen molar-refractivity contribution in [2.24, 2.45) is 0 Å². The number of rotatable bonds is 2. The Kier molecular flexibility index (Phi) is 2.87. The second-order valence-corrected chi connectivity index (χ2v) is 4.16. The summed E-state index contributed by atoms with van der Waals surface area (Å²) >= 11 is 1.37. The Morgan fingerprint density at radius 2 is 2.31 bits per heavy atom. The number of anilines is 1. The van der Waals surface area contributed by atoms with Gasteiger partial charge in [0.05, 0.1) is 5.69 Å². The molecule has 0 unspecified atom stereocenters. The molecule has 0 saturated heterocycles. The molecule has 5 heteroatoms. The highest BCUT2D eigenvalue weighted by molar-refractivity contribution is 7.13. The van der Waals surface area contributed by atoms with Gasteiger partial charge in [0.1, 0.15) is 5.75 Å². The minimum absolute atomic E-state index is 0.0722. The summed E-state index contributed by atoms with van der Waals surface area (Å²) in [6.45, 7) is 1.86. The number of amides is 1. The van der Waals surface area contributed by atoms with E-state index in [1.807, 2.05) is 12.3 Å². The number of nitrogens with one attached hydrogen (secondary N) is 1. The van der Waals surface area contributed by atoms with Gasteiger partial charge in [-0.1, -0.05) is 6.07 Å². The van der Waals surface area contributed by atoms with Crippen molar-refractivity contribution in [3.05, 3.63) is 40.9 Å². The summed E-state index contributed by atoms with van der Waals surface area (Å²) in [6, 6.07) is 6.19. The van der Waals surface area contributed by atoms with Crippen molar-refractivity contribution in [2.75, 3.05) is 5.32 Å². The SMILES string of the molecule is Cc1csc(NC(=O)c2cccc(O)c2)n1. The number of phenolic OH excluding ortho intramolecular Hbond substituents is 1. The van der Waals surface area contributed by atoms with E-state index < -0.39 is 0 Å². The van der Waals surface area contributed by atoms with E-state index in [0.29, 0.717) is 10.7 Å². The lowest BCUT2D eigenvalue weighted by atomic mass is 10.2. The Morgan fingerprint density at radius 1 is 1.50 bits per heavy atom. The number of carbonyl (C=O) groups is 1. The maximum atomic E-state index is 11.7. The van der Waals surface area contributed by atoms with E-state index in [1.54, 1.807) is 12.1 Å². The number of nitrogens with zero attached hydrogens (tertiary/aromatic N) is 1. The molecule has 2 aromatic rings. The van der Waals surface area contributed by atoms with Crippen LogP contribution in [0.4, 0.5) is 5.13 Å². The molecule has 0 aliphatic rings. The largest absolute Gasteiger partial charge is 0.508 e. The van der Waals surface area contributed by atoms with Crippen LogP contribution in [0.3, 0.4) is 0 Å². The van der Waals surface area contributed by atoms with Crippen molar-refractivity contribution in [3.8, 4) is 5.75 Å². The third-order valence-corrected chi connectivity index (χ3v) is 2.82. The fraction of sp³-hybridized carbons (Fsp3) is 0.0909. The van der Waals surface area contributed by atoms with Gasteiger partial charge in [-0.05, 0) is 25.1 Å². The van der Waals surface area contributed by atoms with Crippen LogP contribution in [-0.2, 0) is 0 Å². The number of aromatic nitrogens is 1. The quantitative estimate of drug-likeness (QED) is 0.838. The molecule has 0 fully saturated rings. The van der Waals surface area contributed by atoms with E-state index in [9.17, 15) is 9.90 Å². The first kappa shape index (κ1) is 10.6. The number of phenols is 1. The summed E-state index contributed by atoms with van der Waals surface area (Å²) in [7, 11) is 0. The average molecular weight is 234 g/mol. The summed E-state index contributed by atoms with van der Waals surface area (Å²) in [4.78, 5) is 15.8. The van der Waals surface area contributed by atoms with Gasteiger partial charge in [0.25, 0.3) is 5.91 Å². The zero-order valence-corrected chi connectivity index (χ0v) is 9.41. The highest BCUT2D eigenvalue weighted by atomic mass is 32.1. The van der Waals surface area contributed by atoms with Crippen LogP contribution in [0.1, 0.15) is 16.1 Å². The van der Waals surface area contributed by atoms with Gasteiger partial charge in [-0.3, -0.25) is 10.1 Å². The first-order valence-corrected chi connectivity index (χ1v) is 5.55. The first-order valence-electron chi connectivity index (χ1n) is 4.67. The number of benzene rings is 1. The van der Waals surface area contributed by atoms with Gasteiger partial charge in [0, 0.05) is 10.9 Å². The van der Waals surface area contributed by atoms with Gasteiger partial charge < -0.3 is 5.11 Å². The molecule has 0 bridgehead atoms. The summed E-state index contributed by atoms with van der Waals surface area (Å²) < 4.78 is 0. The fourth-order valence-corrected chi connectivity index (χ4v) is 1.91. The van der Waals surface area contributed by atoms with Crippen LogP contribution in [0.5, 0.6) is 5.75 Å². The zero-order chi connectivity index (χ0) is 11.5. The maximum absolute atomic E-state index is 11.7. The molecule has 0 saturated carbocycles. The normalized spacial score (nSPS) is 10.1. The number of thiazole rings is 1. The Morgan fingerprint density at radius 3 is 2.94 bits per heavy atom. The molecule has 0 aliphatic heterocycles. The monoisotopic (exact) mass is 234 g/mol. The van der Waals surface area contributed by atoms with E-state index in [2.05, 4.69) is 10.3 Å². The van der Waals surface area contributed by atoms with E-state index in [-0.39, 0.29) is 11.7 Å². The van der Waals surface area contributed by atoms with Crippen molar-refractivity contribution < 1.29 is 9.90 Å². The molecule has 2 rings (SSSR count). The van der Waals surface area contributed by atoms with E-state index in [0.717, 1.165) is 5.69 Å². The highest BCUT2D eigenvalue weighted by Gasteiger charge is 2.08. The third-order valence-electron chi connectivity index (χ3n) is 1.95. The number of aryl methyl sites for hydroxylation is 1. The molecule has 1 aromatic carbocycles. The van der Waals surface area contributed by atoms with Crippen molar-refractivity contribution >= 4 is 22.4 Å². The number of hydrogen-bond donors (Lipinski definition) is 2. The molecule has 82 valence electrons. The minimum atomic E-state index is -0.273. The standard InChI is InChI=1S/C11H10N2O2S/c1-7-6-16-11(12-7)13-10(15)8-3-2-4-9(14)5-8/h2-6,14H,1H3,(H,12,13,15). The van der Waals surface area contributed by atoms with E-state index >= 15 is 0 Å². The molecular weight excluding hydrogens is 224 g/mol. The summed E-state index contributed by atoms with van der Waals surface area (Å²) in [6.07, 6.45) is 0. The summed E-state index contributed by atoms with van der Waals surface area (Å²) in [5, 5.41) is 14.3. The average Bonchev–Trinajstić information content (AvgIpc) is 2.64. The van der Waals surface area contributed by atoms with Crippen molar-refractivity contribution in [3.63, 3.8) is 0 Å². The third kappa shape index (κ3) is 2.38. The Bertz CT molecular complexity index is 522. The number of hydrogen-bond acceptors (Lipinski definition) is 4. The molecular formula is C11H10N2O2S. The van der Waals surface area contributed by atoms with E-state index in [4.69, 9.17) is 0 Å². The molecule has 1 heterocycles. The van der Waals surface area contributed by atoms with Crippen molar-refractivity contribution in [1.29, 1.82) is 0 Å². The van der Waals surface area contributed by atoms with Gasteiger partial charge in [0.15, 0.2) is 5.13 Å². The van der Waals surface area contributed by atoms with Crippen LogP contribution in [0.25, 0.3) is 0 Å². The molecule has 1 amide bonds. The molecule has 1 aromatic heterocycles. The lowest BCUT2D eigenvalue weighted by molar-refractivity contribution is 0.102. The molecule has 4 nitrogen and oxygen atoms in total. The van der Waals surface area contributed by atoms with Crippen molar-refractivity contribution in [2.45, 2.75) is 6.92 Å². The van der Waals surface area contributed by atoms with Crippen LogP contribution >= 0.6 is 11.3 Å². The lowest BCUT2D eigenvalue weighted by Gasteiger charge is -2.01. The smallest absolute Gasteiger partial charge is 0.257 e. The second kappa shape index (κ2) is 4.32. The predicted molar refractivity (Wildman–Crippen MR) is 62.9 cm³/mol. The van der Waals surface area contributed by atoms with Crippen LogP contribution in [0.2, 0.25) is 0 Å². The van der Waals surface area contributed by atoms with Gasteiger partial charge in [-0.15, -0.1) is 11.3 Å². The lowest BCUT2D eigenvalue weighted by Crippen LogP contribution is -2.11. The molecule has 0 radical (unpaired) electrons. The number of aromatic hydroxyl groups is 1. The highest BCUT2D eigenvalue weighted by Crippen LogP contribution is 2.17. The second-order valence-electron chi connectivity index (χ2n) is 3.30. The summed E-state index contributed by atoms with van der Waals surface area (Å²) in [5.41, 5.74) is 1.28. The molecule has 2 N–H and O–H groups in total. The molecule has 0 atom stereocenters. The Labute approximate surface area is 96.6 Å². The van der Waals surface area contributed by atoms with Crippen molar-refractivity contribution in [1.82, 2.24) is 4.98 Å². The Balaban J connectivity index is 2.14. The summed E-state index contributed by atoms with van der Waals surface area (Å²) in [5.74, 6) is -0.201. The van der Waals surface area contributed by atoms with Crippen LogP contribution in [-0.4, -0.2) is 16.0 Å². The van der Waals surface area contributed by atoms with Crippen LogP contribution in [0, 0.1) is 6.92 Å². The van der Waals surface area contributed by atoms with Crippen LogP contribution < -0.4 is 5.32 Å². The molecule has 0 aliphatic carbocycles. The number of carbonyl (C=O) groups excluding carboxylic acids is 1. The Hall–Kier alpha value is -1.88. The maximum Gasteiger partial charge on any atom is 0.257 e. The van der Waals surface area contributed by atoms with Gasteiger partial charge >= 0.3 is 0 Å². The topological polar surface area (TPSA) is 62.2 Å². The first-order chi connectivity index (χ1) is 7.65. The zero-order valence-electron chi connectivity index (χ0n) is 8.60. The molecule has 0 spiro atoms.